The van der Waals surface area contributed by atoms with E-state index in [0.717, 1.165) is 105 Å². The Kier molecular flexibility index (Phi) is 17.2. The Labute approximate surface area is 564 Å². The monoisotopic (exact) mass is 1320 g/mol. The number of benzene rings is 8. The van der Waals surface area contributed by atoms with Gasteiger partial charge in [-0.15, -0.1) is 0 Å². The van der Waals surface area contributed by atoms with Gasteiger partial charge in [-0.2, -0.15) is 0 Å². The summed E-state index contributed by atoms with van der Waals surface area (Å²) in [5, 5.41) is 13.2. The van der Waals surface area contributed by atoms with Crippen molar-refractivity contribution in [2.24, 2.45) is 0 Å². The maximum atomic E-state index is 2.78. The van der Waals surface area contributed by atoms with Gasteiger partial charge in [-0.05, 0) is 0 Å². The molecular formula is C82H104N8P4. The Balaban J connectivity index is 1.03. The van der Waals surface area contributed by atoms with Crippen molar-refractivity contribution in [3.63, 3.8) is 0 Å². The third kappa shape index (κ3) is 10.8. The average molecular weight is 1330 g/mol. The summed E-state index contributed by atoms with van der Waals surface area (Å²) >= 11 is 0. The molecule has 0 N–H and O–H groups in total. The Morgan fingerprint density at radius 2 is 0.234 bits per heavy atom. The van der Waals surface area contributed by atoms with Crippen molar-refractivity contribution >= 4 is 116 Å². The number of hydrogen-bond donors (Lipinski definition) is 0. The van der Waals surface area contributed by atoms with E-state index in [2.05, 4.69) is 233 Å². The Morgan fingerprint density at radius 1 is 0.138 bits per heavy atom. The van der Waals surface area contributed by atoms with Crippen molar-refractivity contribution in [1.29, 1.82) is 0 Å². The third-order valence-corrected chi connectivity index (χ3v) is 69.2. The predicted molar refractivity (Wildman–Crippen MR) is 423 cm³/mol. The van der Waals surface area contributed by atoms with Gasteiger partial charge in [-0.3, -0.25) is 0 Å². The van der Waals surface area contributed by atoms with E-state index >= 15 is 0 Å². The molecule has 0 bridgehead atoms. The first kappa shape index (κ1) is 61.5. The van der Waals surface area contributed by atoms with Gasteiger partial charge in [0.05, 0.1) is 0 Å². The first-order valence-electron chi connectivity index (χ1n) is 37.3. The molecule has 9 aliphatic heterocycles. The normalized spacial score (nSPS) is 23.0. The van der Waals surface area contributed by atoms with Crippen molar-refractivity contribution in [1.82, 2.24) is 0 Å². The van der Waals surface area contributed by atoms with Crippen LogP contribution in [0.15, 0.2) is 194 Å². The van der Waals surface area contributed by atoms with Gasteiger partial charge in [-0.25, -0.2) is 0 Å². The molecule has 9 heterocycles. The van der Waals surface area contributed by atoms with Gasteiger partial charge in [0, 0.05) is 0 Å². The molecule has 0 saturated carbocycles. The molecule has 8 aromatic carbocycles. The van der Waals surface area contributed by atoms with Gasteiger partial charge in [-0.1, -0.05) is 0 Å². The molecule has 0 atom stereocenters. The SMILES string of the molecule is c1cc([PH]2(c3ccc(N4CCCC4)cc3)C[PH](c3ccc(N4CCCC4)cc3)(c3ccc(N4CCCC4)cc3)[PH](c3ccc(N4CCCC4)cc3)(c3ccc(N4CCCC4)cc3)C[PH]2(c2ccc(N3CCCC3)cc2)c2ccc(N3CCCC3)cc2)ccc1N1CCCC1. The molecule has 0 spiro atoms. The van der Waals surface area contributed by atoms with E-state index in [-0.39, 0.29) is 0 Å². The molecule has 8 aromatic rings. The molecule has 0 amide bonds. The maximum absolute atomic E-state index is 3.28. The summed E-state index contributed by atoms with van der Waals surface area (Å²) in [5.74, 6) is 2.36. The second-order valence-electron chi connectivity index (χ2n) is 29.9. The van der Waals surface area contributed by atoms with E-state index < -0.39 is 27.8 Å². The van der Waals surface area contributed by atoms with Crippen molar-refractivity contribution in [3.05, 3.63) is 194 Å². The van der Waals surface area contributed by atoms with Crippen LogP contribution in [0.25, 0.3) is 0 Å². The minimum atomic E-state index is -3.28. The van der Waals surface area contributed by atoms with E-state index in [4.69, 9.17) is 0 Å². The number of anilines is 8. The van der Waals surface area contributed by atoms with Crippen LogP contribution in [0.4, 0.5) is 45.5 Å². The van der Waals surface area contributed by atoms with Gasteiger partial charge < -0.3 is 0 Å². The third-order valence-electron chi connectivity index (χ3n) is 25.2. The molecule has 94 heavy (non-hydrogen) atoms. The van der Waals surface area contributed by atoms with Crippen molar-refractivity contribution in [2.75, 3.05) is 156 Å². The van der Waals surface area contributed by atoms with Gasteiger partial charge in [0.1, 0.15) is 0 Å². The summed E-state index contributed by atoms with van der Waals surface area (Å²) in [6, 6.07) is 86.6. The van der Waals surface area contributed by atoms with Gasteiger partial charge in [0.2, 0.25) is 0 Å². The zero-order chi connectivity index (χ0) is 62.5. The molecule has 492 valence electrons. The fourth-order valence-electron chi connectivity index (χ4n) is 20.3. The zero-order valence-corrected chi connectivity index (χ0v) is 60.1. The van der Waals surface area contributed by atoms with Crippen LogP contribution in [0.2, 0.25) is 0 Å². The van der Waals surface area contributed by atoms with Crippen LogP contribution in [0.1, 0.15) is 103 Å². The first-order valence-corrected chi connectivity index (χ1v) is 48.2. The molecular weight excluding hydrogens is 1220 g/mol. The summed E-state index contributed by atoms with van der Waals surface area (Å²) in [7, 11) is 0. The van der Waals surface area contributed by atoms with Crippen molar-refractivity contribution in [3.8, 4) is 0 Å². The van der Waals surface area contributed by atoms with Crippen LogP contribution in [-0.2, 0) is 0 Å². The summed E-state index contributed by atoms with van der Waals surface area (Å²) in [6.07, 6.45) is 20.3. The molecule has 9 fully saturated rings. The molecule has 17 rings (SSSR count). The number of rotatable bonds is 16. The van der Waals surface area contributed by atoms with Gasteiger partial charge >= 0.3 is 568 Å². The molecule has 9 aliphatic rings. The summed E-state index contributed by atoms with van der Waals surface area (Å²) in [6.45, 7) is 5.14. The van der Waals surface area contributed by atoms with Crippen LogP contribution in [0.3, 0.4) is 0 Å². The van der Waals surface area contributed by atoms with Crippen LogP contribution in [0, 0.1) is 0 Å². The fraction of sp³-hybridized carbons (Fsp3) is 0.415. The van der Waals surface area contributed by atoms with Crippen molar-refractivity contribution in [2.45, 2.75) is 103 Å². The summed E-state index contributed by atoms with van der Waals surface area (Å²) in [4.78, 5) is 21.6. The van der Waals surface area contributed by atoms with Crippen LogP contribution in [-0.4, -0.2) is 117 Å². The molecule has 0 radical (unpaired) electrons. The summed E-state index contributed by atoms with van der Waals surface area (Å²) in [5.41, 5.74) is 11.2. The van der Waals surface area contributed by atoms with E-state index in [9.17, 15) is 0 Å². The number of nitrogens with zero attached hydrogens (tertiary/aromatic N) is 8. The Bertz CT molecular complexity index is 3090. The molecule has 0 unspecified atom stereocenters. The van der Waals surface area contributed by atoms with E-state index in [1.54, 1.807) is 42.4 Å². The predicted octanol–water partition coefficient (Wildman–Crippen LogP) is 14.2. The second-order valence-corrected chi connectivity index (χ2v) is 54.8. The first-order chi connectivity index (χ1) is 46.5. The molecule has 12 heteroatoms. The molecule has 9 saturated heterocycles. The Morgan fingerprint density at radius 3 is 0.330 bits per heavy atom. The van der Waals surface area contributed by atoms with E-state index in [1.807, 2.05) is 0 Å². The van der Waals surface area contributed by atoms with Gasteiger partial charge in [0.15, 0.2) is 0 Å². The zero-order valence-electron chi connectivity index (χ0n) is 56.1. The molecule has 0 aliphatic carbocycles. The summed E-state index contributed by atoms with van der Waals surface area (Å²) < 4.78 is 0. The van der Waals surface area contributed by atoms with Crippen molar-refractivity contribution < 1.29 is 0 Å². The van der Waals surface area contributed by atoms with Crippen LogP contribution >= 0.6 is 27.8 Å². The van der Waals surface area contributed by atoms with Crippen LogP contribution < -0.4 is 81.6 Å². The standard InChI is InChI=1S/C82H104N8P4/c1-2-50-83(49-1)67-17-33-75(34-18-67)91(76-35-19-68(20-36-76)84-51-3-4-52-84)65-93(79-41-25-71(26-42-79)87-57-9-10-58-87,80-43-27-72(28-44-80)88-59-11-12-60-88)94(81-45-29-73(30-46-81)89-61-13-14-62-89,82-47-31-74(32-48-82)90-63-15-16-64-90)66-92(91,77-37-21-69(22-38-77)85-53-5-6-54-85)78-39-23-70(24-40-78)86-55-7-8-56-86/h17-48,91-94H,1-16,49-66H2. The molecule has 8 nitrogen and oxygen atoms in total. The fourth-order valence-corrected chi connectivity index (χ4v) is 88.6. The van der Waals surface area contributed by atoms with E-state index in [0.29, 0.717) is 0 Å². The van der Waals surface area contributed by atoms with E-state index in [1.165, 1.54) is 160 Å². The molecule has 0 aromatic heterocycles. The second kappa shape index (κ2) is 26.4. The van der Waals surface area contributed by atoms with Gasteiger partial charge in [0.25, 0.3) is 0 Å². The number of hydrogen-bond acceptors (Lipinski definition) is 8. The Hall–Kier alpha value is -6.12. The quantitative estimate of drug-likeness (QED) is 0.0883. The topological polar surface area (TPSA) is 25.9 Å². The average Bonchev–Trinajstić information content (AvgIpc) is 0.979. The minimum absolute atomic E-state index is 1.14. The van der Waals surface area contributed by atoms with Crippen LogP contribution in [0.5, 0.6) is 0 Å².